The van der Waals surface area contributed by atoms with Crippen LogP contribution in [0.2, 0.25) is 0 Å². The van der Waals surface area contributed by atoms with Crippen LogP contribution in [-0.2, 0) is 17.9 Å². The molecule has 2 aromatic rings. The number of nitrogens with zero attached hydrogens (tertiary/aromatic N) is 4. The van der Waals surface area contributed by atoms with E-state index in [1.807, 2.05) is 30.3 Å². The first-order valence-electron chi connectivity index (χ1n) is 6.86. The van der Waals surface area contributed by atoms with Crippen LogP contribution in [0, 0.1) is 24.0 Å². The Morgan fingerprint density at radius 3 is 2.50 bits per heavy atom. The second-order valence-electron chi connectivity index (χ2n) is 5.17. The number of carbonyl (C=O) groups excluding carboxylic acids is 1. The van der Waals surface area contributed by atoms with Crippen molar-refractivity contribution in [1.82, 2.24) is 14.7 Å². The fourth-order valence-corrected chi connectivity index (χ4v) is 2.30. The van der Waals surface area contributed by atoms with Crippen molar-refractivity contribution in [2.45, 2.75) is 26.9 Å². The van der Waals surface area contributed by atoms with Crippen LogP contribution in [0.15, 0.2) is 30.3 Å². The summed E-state index contributed by atoms with van der Waals surface area (Å²) in [6.45, 7) is 3.65. The van der Waals surface area contributed by atoms with E-state index in [1.165, 1.54) is 4.68 Å². The number of carbonyl (C=O) groups is 1. The summed E-state index contributed by atoms with van der Waals surface area (Å²) in [5.74, 6) is -0.149. The lowest BCUT2D eigenvalue weighted by Crippen LogP contribution is -2.30. The summed E-state index contributed by atoms with van der Waals surface area (Å²) in [7, 11) is 1.70. The number of benzene rings is 1. The van der Waals surface area contributed by atoms with Gasteiger partial charge in [0, 0.05) is 13.6 Å². The Morgan fingerprint density at radius 1 is 1.32 bits per heavy atom. The number of hydrogen-bond donors (Lipinski definition) is 0. The number of hydrogen-bond acceptors (Lipinski definition) is 4. The minimum atomic E-state index is -0.466. The van der Waals surface area contributed by atoms with Gasteiger partial charge in [0.1, 0.15) is 17.9 Å². The Balaban J connectivity index is 2.09. The third-order valence-electron chi connectivity index (χ3n) is 3.50. The van der Waals surface area contributed by atoms with Crippen LogP contribution in [0.1, 0.15) is 17.0 Å². The summed E-state index contributed by atoms with van der Waals surface area (Å²) in [6, 6.07) is 9.63. The van der Waals surface area contributed by atoms with E-state index in [0.29, 0.717) is 17.9 Å². The zero-order valence-electron chi connectivity index (χ0n) is 12.8. The molecule has 0 bridgehead atoms. The summed E-state index contributed by atoms with van der Waals surface area (Å²) in [5.41, 5.74) is 1.71. The summed E-state index contributed by atoms with van der Waals surface area (Å²) in [5, 5.41) is 15.1. The molecule has 0 saturated heterocycles. The molecule has 2 rings (SSSR count). The maximum absolute atomic E-state index is 12.3. The Morgan fingerprint density at radius 2 is 1.95 bits per heavy atom. The van der Waals surface area contributed by atoms with Gasteiger partial charge in [-0.05, 0) is 19.4 Å². The molecule has 1 aromatic heterocycles. The predicted molar refractivity (Wildman–Crippen MR) is 81.3 cm³/mol. The van der Waals surface area contributed by atoms with Gasteiger partial charge in [0.2, 0.25) is 5.91 Å². The second kappa shape index (κ2) is 6.38. The molecule has 1 aromatic carbocycles. The topological polar surface area (TPSA) is 81.3 Å². The van der Waals surface area contributed by atoms with Gasteiger partial charge in [0.25, 0.3) is 0 Å². The molecule has 0 N–H and O–H groups in total. The number of aryl methyl sites for hydroxylation is 1. The van der Waals surface area contributed by atoms with Gasteiger partial charge in [-0.25, -0.2) is 0 Å². The second-order valence-corrected chi connectivity index (χ2v) is 5.17. The Hall–Kier alpha value is -2.70. The maximum Gasteiger partial charge on any atom is 0.312 e. The number of amides is 1. The molecule has 22 heavy (non-hydrogen) atoms. The van der Waals surface area contributed by atoms with Gasteiger partial charge in [0.05, 0.1) is 4.92 Å². The zero-order chi connectivity index (χ0) is 16.3. The first-order valence-corrected chi connectivity index (χ1v) is 6.86. The highest BCUT2D eigenvalue weighted by molar-refractivity contribution is 5.75. The first kappa shape index (κ1) is 15.7. The van der Waals surface area contributed by atoms with Gasteiger partial charge >= 0.3 is 5.69 Å². The van der Waals surface area contributed by atoms with Crippen molar-refractivity contribution in [2.24, 2.45) is 0 Å². The molecule has 7 nitrogen and oxygen atoms in total. The minimum Gasteiger partial charge on any atom is -0.340 e. The molecular weight excluding hydrogens is 284 g/mol. The molecule has 0 aliphatic heterocycles. The Bertz CT molecular complexity index is 694. The monoisotopic (exact) mass is 302 g/mol. The molecular formula is C15H18N4O3. The van der Waals surface area contributed by atoms with Crippen LogP contribution >= 0.6 is 0 Å². The van der Waals surface area contributed by atoms with Crippen LogP contribution < -0.4 is 0 Å². The van der Waals surface area contributed by atoms with E-state index >= 15 is 0 Å². The summed E-state index contributed by atoms with van der Waals surface area (Å²) >= 11 is 0. The number of aromatic nitrogens is 2. The number of likely N-dealkylation sites (N-methyl/N-ethyl adjacent to an activating group) is 1. The van der Waals surface area contributed by atoms with Gasteiger partial charge < -0.3 is 4.90 Å². The molecule has 1 amide bonds. The maximum atomic E-state index is 12.3. The number of rotatable bonds is 5. The predicted octanol–water partition coefficient (Wildman–Crippen LogP) is 2.07. The van der Waals surface area contributed by atoms with Crippen molar-refractivity contribution in [3.8, 4) is 0 Å². The van der Waals surface area contributed by atoms with Crippen LogP contribution in [0.4, 0.5) is 5.69 Å². The SMILES string of the molecule is Cc1nn(CC(=O)N(C)Cc2ccccc2)c(C)c1[N+](=O)[O-]. The highest BCUT2D eigenvalue weighted by atomic mass is 16.6. The quantitative estimate of drug-likeness (QED) is 0.625. The minimum absolute atomic E-state index is 0.0101. The van der Waals surface area contributed by atoms with Gasteiger partial charge in [-0.2, -0.15) is 5.10 Å². The Kier molecular flexibility index (Phi) is 4.55. The van der Waals surface area contributed by atoms with Crippen molar-refractivity contribution >= 4 is 11.6 Å². The molecule has 0 spiro atoms. The van der Waals surface area contributed by atoms with Crippen molar-refractivity contribution in [1.29, 1.82) is 0 Å². The number of nitro groups is 1. The van der Waals surface area contributed by atoms with E-state index in [-0.39, 0.29) is 18.1 Å². The lowest BCUT2D eigenvalue weighted by atomic mass is 10.2. The molecule has 1 heterocycles. The summed E-state index contributed by atoms with van der Waals surface area (Å²) in [6.07, 6.45) is 0. The van der Waals surface area contributed by atoms with Gasteiger partial charge in [0.15, 0.2) is 0 Å². The molecule has 0 aliphatic carbocycles. The normalized spacial score (nSPS) is 10.5. The molecule has 7 heteroatoms. The van der Waals surface area contributed by atoms with Gasteiger partial charge in [-0.15, -0.1) is 0 Å². The van der Waals surface area contributed by atoms with Crippen molar-refractivity contribution in [3.63, 3.8) is 0 Å². The largest absolute Gasteiger partial charge is 0.340 e. The molecule has 0 aliphatic rings. The Labute approximate surface area is 128 Å². The van der Waals surface area contributed by atoms with Crippen molar-refractivity contribution < 1.29 is 9.72 Å². The molecule has 0 radical (unpaired) electrons. The van der Waals surface area contributed by atoms with Gasteiger partial charge in [-0.1, -0.05) is 30.3 Å². The van der Waals surface area contributed by atoms with Crippen molar-refractivity contribution in [3.05, 3.63) is 57.4 Å². The van der Waals surface area contributed by atoms with E-state index in [0.717, 1.165) is 5.56 Å². The molecule has 0 saturated carbocycles. The summed E-state index contributed by atoms with van der Waals surface area (Å²) < 4.78 is 1.39. The van der Waals surface area contributed by atoms with E-state index < -0.39 is 4.92 Å². The highest BCUT2D eigenvalue weighted by Crippen LogP contribution is 2.21. The summed E-state index contributed by atoms with van der Waals surface area (Å²) in [4.78, 5) is 24.3. The lowest BCUT2D eigenvalue weighted by Gasteiger charge is -2.17. The van der Waals surface area contributed by atoms with Crippen LogP contribution in [0.3, 0.4) is 0 Å². The smallest absolute Gasteiger partial charge is 0.312 e. The molecule has 0 unspecified atom stereocenters. The average molecular weight is 302 g/mol. The molecule has 0 atom stereocenters. The van der Waals surface area contributed by atoms with Crippen LogP contribution in [0.5, 0.6) is 0 Å². The van der Waals surface area contributed by atoms with Crippen LogP contribution in [0.25, 0.3) is 0 Å². The lowest BCUT2D eigenvalue weighted by molar-refractivity contribution is -0.386. The van der Waals surface area contributed by atoms with E-state index in [2.05, 4.69) is 5.10 Å². The standard InChI is InChI=1S/C15H18N4O3/c1-11-15(19(21)22)12(2)18(16-11)10-14(20)17(3)9-13-7-5-4-6-8-13/h4-8H,9-10H2,1-3H3. The molecule has 116 valence electrons. The van der Waals surface area contributed by atoms with E-state index in [9.17, 15) is 14.9 Å². The fraction of sp³-hybridized carbons (Fsp3) is 0.333. The highest BCUT2D eigenvalue weighted by Gasteiger charge is 2.23. The zero-order valence-corrected chi connectivity index (χ0v) is 12.8. The van der Waals surface area contributed by atoms with E-state index in [4.69, 9.17) is 0 Å². The van der Waals surface area contributed by atoms with Crippen molar-refractivity contribution in [2.75, 3.05) is 7.05 Å². The average Bonchev–Trinajstić information content (AvgIpc) is 2.74. The van der Waals surface area contributed by atoms with Crippen LogP contribution in [-0.4, -0.2) is 32.6 Å². The third-order valence-corrected chi connectivity index (χ3v) is 3.50. The van der Waals surface area contributed by atoms with Gasteiger partial charge in [-0.3, -0.25) is 19.6 Å². The first-order chi connectivity index (χ1) is 10.4. The van der Waals surface area contributed by atoms with E-state index in [1.54, 1.807) is 25.8 Å². The molecule has 0 fully saturated rings. The third kappa shape index (κ3) is 3.30. The fourth-order valence-electron chi connectivity index (χ4n) is 2.30.